The first kappa shape index (κ1) is 36.6. The number of hydrogen-bond acceptors (Lipinski definition) is 8. The van der Waals surface area contributed by atoms with Gasteiger partial charge in [-0.1, -0.05) is 30.3 Å². The van der Waals surface area contributed by atoms with E-state index in [1.165, 1.54) is 6.07 Å². The van der Waals surface area contributed by atoms with Crippen LogP contribution in [-0.4, -0.2) is 84.6 Å². The van der Waals surface area contributed by atoms with Gasteiger partial charge in [-0.15, -0.1) is 0 Å². The number of carbonyl (C=O) groups excluding carboxylic acids is 3. The van der Waals surface area contributed by atoms with Gasteiger partial charge in [0.05, 0.1) is 13.2 Å². The molecule has 4 aromatic carbocycles. The van der Waals surface area contributed by atoms with E-state index in [4.69, 9.17) is 9.47 Å². The SMILES string of the molecule is Cc1cc(C2COc3cc(O)ccc3C2c2ccc(OCCCCCN3CCN(c4ccc5c(c4)CN(C4CCC(=O)NC4=O)C5=O)CC3)cc2)ccc1F. The lowest BCUT2D eigenvalue weighted by Crippen LogP contribution is -2.52. The lowest BCUT2D eigenvalue weighted by molar-refractivity contribution is -0.136. The lowest BCUT2D eigenvalue weighted by atomic mass is 9.75. The molecule has 55 heavy (non-hydrogen) atoms. The van der Waals surface area contributed by atoms with E-state index in [9.17, 15) is 23.9 Å². The molecule has 0 saturated carbocycles. The number of phenols is 1. The lowest BCUT2D eigenvalue weighted by Gasteiger charge is -2.36. The van der Waals surface area contributed by atoms with Crippen LogP contribution in [0.15, 0.2) is 78.9 Å². The molecule has 2 fully saturated rings. The number of ether oxygens (including phenoxy) is 2. The number of carbonyl (C=O) groups is 3. The third-order valence-electron chi connectivity index (χ3n) is 11.6. The number of anilines is 1. The van der Waals surface area contributed by atoms with Crippen LogP contribution in [0.2, 0.25) is 0 Å². The summed E-state index contributed by atoms with van der Waals surface area (Å²) in [5.74, 6) is 0.582. The number of phenolic OH excluding ortho intramolecular Hbond substituents is 1. The summed E-state index contributed by atoms with van der Waals surface area (Å²) >= 11 is 0. The molecule has 286 valence electrons. The predicted octanol–water partition coefficient (Wildman–Crippen LogP) is 6.28. The van der Waals surface area contributed by atoms with Gasteiger partial charge >= 0.3 is 0 Å². The second kappa shape index (κ2) is 15.7. The topological polar surface area (TPSA) is 112 Å². The van der Waals surface area contributed by atoms with E-state index in [-0.39, 0.29) is 47.5 Å². The first-order valence-electron chi connectivity index (χ1n) is 19.4. The number of aromatic hydroxyl groups is 1. The van der Waals surface area contributed by atoms with Gasteiger partial charge in [-0.05, 0) is 104 Å². The summed E-state index contributed by atoms with van der Waals surface area (Å²) in [6.45, 7) is 8.05. The summed E-state index contributed by atoms with van der Waals surface area (Å²) < 4.78 is 26.4. The molecule has 10 nitrogen and oxygen atoms in total. The fourth-order valence-electron chi connectivity index (χ4n) is 8.56. The molecule has 0 radical (unpaired) electrons. The quantitative estimate of drug-likeness (QED) is 0.136. The molecule has 0 aromatic heterocycles. The number of rotatable bonds is 11. The molecule has 0 spiro atoms. The molecule has 2 N–H and O–H groups in total. The minimum Gasteiger partial charge on any atom is -0.508 e. The van der Waals surface area contributed by atoms with Crippen LogP contribution >= 0.6 is 0 Å². The number of unbranched alkanes of at least 4 members (excludes halogenated alkanes) is 2. The average Bonchev–Trinajstić information content (AvgIpc) is 3.52. The van der Waals surface area contributed by atoms with E-state index in [1.807, 2.05) is 42.5 Å². The summed E-state index contributed by atoms with van der Waals surface area (Å²) in [6, 6.07) is 24.2. The molecular weight excluding hydrogens is 700 g/mol. The Morgan fingerprint density at radius 1 is 0.891 bits per heavy atom. The molecule has 0 aliphatic carbocycles. The maximum atomic E-state index is 14.1. The summed E-state index contributed by atoms with van der Waals surface area (Å²) in [5.41, 5.74) is 6.40. The first-order chi connectivity index (χ1) is 26.7. The number of nitrogens with zero attached hydrogens (tertiary/aromatic N) is 3. The van der Waals surface area contributed by atoms with Gasteiger partial charge in [0.2, 0.25) is 11.8 Å². The normalized spacial score (nSPS) is 21.2. The molecule has 8 rings (SSSR count). The van der Waals surface area contributed by atoms with Gasteiger partial charge in [-0.2, -0.15) is 0 Å². The van der Waals surface area contributed by atoms with Gasteiger partial charge in [0.1, 0.15) is 29.1 Å². The number of piperidine rings is 1. The van der Waals surface area contributed by atoms with E-state index in [1.54, 1.807) is 24.0 Å². The Morgan fingerprint density at radius 2 is 1.69 bits per heavy atom. The number of nitrogens with one attached hydrogen (secondary N) is 1. The first-order valence-corrected chi connectivity index (χ1v) is 19.4. The Bertz CT molecular complexity index is 2080. The molecule has 4 aliphatic rings. The van der Waals surface area contributed by atoms with Crippen LogP contribution in [0.5, 0.6) is 17.2 Å². The molecule has 0 bridgehead atoms. The molecule has 2 saturated heterocycles. The highest BCUT2D eigenvalue weighted by Crippen LogP contribution is 2.47. The Morgan fingerprint density at radius 3 is 2.47 bits per heavy atom. The monoisotopic (exact) mass is 746 g/mol. The van der Waals surface area contributed by atoms with E-state index >= 15 is 0 Å². The zero-order valence-electron chi connectivity index (χ0n) is 31.1. The van der Waals surface area contributed by atoms with Crippen molar-refractivity contribution in [2.24, 2.45) is 0 Å². The number of halogens is 1. The minimum absolute atomic E-state index is 0.0167. The molecule has 11 heteroatoms. The molecule has 4 aliphatic heterocycles. The third kappa shape index (κ3) is 7.76. The average molecular weight is 747 g/mol. The number of piperazine rings is 1. The highest BCUT2D eigenvalue weighted by atomic mass is 19.1. The molecular formula is C44H47FN4O6. The number of imide groups is 1. The summed E-state index contributed by atoms with van der Waals surface area (Å²) in [6.07, 6.45) is 3.76. The molecule has 4 heterocycles. The maximum absolute atomic E-state index is 14.1. The zero-order valence-corrected chi connectivity index (χ0v) is 31.1. The highest BCUT2D eigenvalue weighted by Gasteiger charge is 2.39. The van der Waals surface area contributed by atoms with Crippen molar-refractivity contribution in [3.8, 4) is 17.2 Å². The number of fused-ring (bicyclic) bond motifs is 2. The van der Waals surface area contributed by atoms with Gasteiger partial charge < -0.3 is 24.4 Å². The van der Waals surface area contributed by atoms with Crippen molar-refractivity contribution in [3.63, 3.8) is 0 Å². The summed E-state index contributed by atoms with van der Waals surface area (Å²) in [7, 11) is 0. The Labute approximate surface area is 320 Å². The van der Waals surface area contributed by atoms with Crippen molar-refractivity contribution < 1.29 is 33.4 Å². The Kier molecular flexibility index (Phi) is 10.5. The van der Waals surface area contributed by atoms with Crippen LogP contribution in [-0.2, 0) is 16.1 Å². The zero-order chi connectivity index (χ0) is 38.1. The van der Waals surface area contributed by atoms with Crippen molar-refractivity contribution in [1.82, 2.24) is 15.1 Å². The molecule has 3 atom stereocenters. The van der Waals surface area contributed by atoms with Crippen LogP contribution in [0.25, 0.3) is 0 Å². The van der Waals surface area contributed by atoms with Crippen LogP contribution < -0.4 is 19.7 Å². The van der Waals surface area contributed by atoms with Gasteiger partial charge in [-0.25, -0.2) is 4.39 Å². The maximum Gasteiger partial charge on any atom is 0.255 e. The van der Waals surface area contributed by atoms with Gasteiger partial charge in [0.25, 0.3) is 5.91 Å². The van der Waals surface area contributed by atoms with Gasteiger partial charge in [0.15, 0.2) is 0 Å². The second-order valence-electron chi connectivity index (χ2n) is 15.2. The van der Waals surface area contributed by atoms with Gasteiger partial charge in [-0.3, -0.25) is 24.6 Å². The third-order valence-corrected chi connectivity index (χ3v) is 11.6. The molecule has 3 unspecified atom stereocenters. The van der Waals surface area contributed by atoms with Gasteiger partial charge in [0, 0.05) is 73.9 Å². The number of hydrogen-bond donors (Lipinski definition) is 2. The Balaban J connectivity index is 0.784. The number of aryl methyl sites for hydroxylation is 1. The largest absolute Gasteiger partial charge is 0.508 e. The van der Waals surface area contributed by atoms with Crippen molar-refractivity contribution in [3.05, 3.63) is 118 Å². The fourth-order valence-corrected chi connectivity index (χ4v) is 8.56. The van der Waals surface area contributed by atoms with Crippen LogP contribution in [0.1, 0.15) is 82.1 Å². The minimum atomic E-state index is -0.601. The van der Waals surface area contributed by atoms with Crippen LogP contribution in [0.3, 0.4) is 0 Å². The van der Waals surface area contributed by atoms with Crippen LogP contribution in [0, 0.1) is 12.7 Å². The van der Waals surface area contributed by atoms with Crippen molar-refractivity contribution in [1.29, 1.82) is 0 Å². The highest BCUT2D eigenvalue weighted by molar-refractivity contribution is 6.05. The van der Waals surface area contributed by atoms with E-state index < -0.39 is 6.04 Å². The van der Waals surface area contributed by atoms with Crippen molar-refractivity contribution in [2.45, 2.75) is 63.5 Å². The number of amides is 3. The standard InChI is InChI=1S/C44H47FN4O6/c1-28-23-30(7-14-38(28)45)37-27-55-40-25-33(50)9-13-36(40)42(37)29-5-10-34(11-6-29)54-22-4-2-3-17-47-18-20-48(21-19-47)32-8-12-35-31(24-32)26-49(44(35)53)39-15-16-41(51)46-43(39)52/h5-14,23-25,37,39,42,50H,2-4,15-22,26-27H2,1H3,(H,46,51,52). The molecule has 3 amide bonds. The fraction of sp³-hybridized carbons (Fsp3) is 0.386. The van der Waals surface area contributed by atoms with E-state index in [0.29, 0.717) is 43.1 Å². The smallest absolute Gasteiger partial charge is 0.255 e. The van der Waals surface area contributed by atoms with E-state index in [2.05, 4.69) is 33.3 Å². The van der Waals surface area contributed by atoms with Crippen molar-refractivity contribution >= 4 is 23.4 Å². The van der Waals surface area contributed by atoms with Crippen molar-refractivity contribution in [2.75, 3.05) is 50.8 Å². The van der Waals surface area contributed by atoms with E-state index in [0.717, 1.165) is 85.7 Å². The second-order valence-corrected chi connectivity index (χ2v) is 15.2. The predicted molar refractivity (Wildman–Crippen MR) is 206 cm³/mol. The summed E-state index contributed by atoms with van der Waals surface area (Å²) in [5, 5.41) is 12.5. The summed E-state index contributed by atoms with van der Waals surface area (Å²) in [4.78, 5) is 43.6. The Hall–Kier alpha value is -5.42. The number of benzene rings is 4. The van der Waals surface area contributed by atoms with Crippen LogP contribution in [0.4, 0.5) is 10.1 Å². The molecule has 4 aromatic rings.